The van der Waals surface area contributed by atoms with Gasteiger partial charge in [-0.25, -0.2) is 0 Å². The lowest BCUT2D eigenvalue weighted by Gasteiger charge is -2.21. The third-order valence-electron chi connectivity index (χ3n) is 4.34. The zero-order chi connectivity index (χ0) is 18.4. The summed E-state index contributed by atoms with van der Waals surface area (Å²) in [5.74, 6) is 1.33. The molecule has 0 aliphatic carbocycles. The zero-order valence-corrected chi connectivity index (χ0v) is 14.9. The quantitative estimate of drug-likeness (QED) is 0.709. The predicted octanol–water partition coefficient (Wildman–Crippen LogP) is 3.86. The molecule has 1 aliphatic rings. The van der Waals surface area contributed by atoms with E-state index in [2.05, 4.69) is 0 Å². The topological polar surface area (TPSA) is 55.8 Å². The first-order chi connectivity index (χ1) is 12.7. The Bertz CT molecular complexity index is 773. The van der Waals surface area contributed by atoms with Crippen LogP contribution in [0, 0.1) is 0 Å². The Kier molecular flexibility index (Phi) is 5.89. The monoisotopic (exact) mass is 353 g/mol. The van der Waals surface area contributed by atoms with Gasteiger partial charge in [0.2, 0.25) is 5.91 Å². The summed E-state index contributed by atoms with van der Waals surface area (Å²) >= 11 is 0. The summed E-state index contributed by atoms with van der Waals surface area (Å²) in [6, 6.07) is 14.8. The Morgan fingerprint density at radius 2 is 1.69 bits per heavy atom. The average Bonchev–Trinajstić information content (AvgIpc) is 2.69. The number of amides is 1. The van der Waals surface area contributed by atoms with E-state index in [0.29, 0.717) is 56.1 Å². The van der Waals surface area contributed by atoms with Crippen molar-refractivity contribution < 1.29 is 19.1 Å². The molecule has 0 fully saturated rings. The highest BCUT2D eigenvalue weighted by molar-refractivity contribution is 5.97. The van der Waals surface area contributed by atoms with Crippen LogP contribution in [0.4, 0.5) is 5.69 Å². The SMILES string of the molecule is CCN(C(=O)CCCC(=O)c1ccc2c(c1)OCCO2)c1ccccc1. The zero-order valence-electron chi connectivity index (χ0n) is 14.9. The van der Waals surface area contributed by atoms with E-state index in [0.717, 1.165) is 5.69 Å². The first-order valence-electron chi connectivity index (χ1n) is 8.97. The van der Waals surface area contributed by atoms with E-state index in [1.165, 1.54) is 0 Å². The number of carbonyl (C=O) groups is 2. The fourth-order valence-electron chi connectivity index (χ4n) is 3.01. The molecule has 0 radical (unpaired) electrons. The number of benzene rings is 2. The first-order valence-corrected chi connectivity index (χ1v) is 8.97. The maximum absolute atomic E-state index is 12.5. The molecule has 1 aliphatic heterocycles. The Morgan fingerprint density at radius 1 is 0.962 bits per heavy atom. The highest BCUT2D eigenvalue weighted by atomic mass is 16.6. The molecule has 1 amide bonds. The number of ether oxygens (including phenoxy) is 2. The Labute approximate surface area is 153 Å². The lowest BCUT2D eigenvalue weighted by molar-refractivity contribution is -0.118. The van der Waals surface area contributed by atoms with Crippen LogP contribution in [0.5, 0.6) is 11.5 Å². The Hall–Kier alpha value is -2.82. The maximum atomic E-state index is 12.5. The normalized spacial score (nSPS) is 12.5. The van der Waals surface area contributed by atoms with Crippen LogP contribution < -0.4 is 14.4 Å². The summed E-state index contributed by atoms with van der Waals surface area (Å²) < 4.78 is 11.0. The molecule has 3 rings (SSSR count). The number of carbonyl (C=O) groups excluding carboxylic acids is 2. The van der Waals surface area contributed by atoms with Crippen molar-refractivity contribution in [3.05, 3.63) is 54.1 Å². The van der Waals surface area contributed by atoms with Crippen molar-refractivity contribution >= 4 is 17.4 Å². The molecule has 2 aromatic rings. The second-order valence-electron chi connectivity index (χ2n) is 6.11. The average molecular weight is 353 g/mol. The predicted molar refractivity (Wildman–Crippen MR) is 100 cm³/mol. The van der Waals surface area contributed by atoms with E-state index in [1.54, 1.807) is 23.1 Å². The number of rotatable bonds is 7. The van der Waals surface area contributed by atoms with E-state index < -0.39 is 0 Å². The van der Waals surface area contributed by atoms with Gasteiger partial charge in [-0.1, -0.05) is 18.2 Å². The largest absolute Gasteiger partial charge is 0.486 e. The Balaban J connectivity index is 1.54. The number of nitrogens with zero attached hydrogens (tertiary/aromatic N) is 1. The third kappa shape index (κ3) is 4.23. The molecule has 0 aromatic heterocycles. The number of Topliss-reactive ketones (excluding diaryl/α,β-unsaturated/α-hetero) is 1. The van der Waals surface area contributed by atoms with E-state index >= 15 is 0 Å². The molecule has 26 heavy (non-hydrogen) atoms. The van der Waals surface area contributed by atoms with Gasteiger partial charge in [0.05, 0.1) is 0 Å². The van der Waals surface area contributed by atoms with Crippen molar-refractivity contribution in [3.8, 4) is 11.5 Å². The number of anilines is 1. The number of ketones is 1. The van der Waals surface area contributed by atoms with Crippen molar-refractivity contribution in [3.63, 3.8) is 0 Å². The van der Waals surface area contributed by atoms with Crippen molar-refractivity contribution in [2.45, 2.75) is 26.2 Å². The van der Waals surface area contributed by atoms with Gasteiger partial charge in [-0.2, -0.15) is 0 Å². The van der Waals surface area contributed by atoms with Gasteiger partial charge in [0.15, 0.2) is 17.3 Å². The van der Waals surface area contributed by atoms with Crippen molar-refractivity contribution in [2.24, 2.45) is 0 Å². The second-order valence-corrected chi connectivity index (χ2v) is 6.11. The molecule has 5 nitrogen and oxygen atoms in total. The van der Waals surface area contributed by atoms with E-state index in [9.17, 15) is 9.59 Å². The highest BCUT2D eigenvalue weighted by Gasteiger charge is 2.17. The van der Waals surface area contributed by atoms with Crippen LogP contribution in [0.15, 0.2) is 48.5 Å². The van der Waals surface area contributed by atoms with Crippen molar-refractivity contribution in [1.82, 2.24) is 0 Å². The summed E-state index contributed by atoms with van der Waals surface area (Å²) in [7, 11) is 0. The molecule has 5 heteroatoms. The van der Waals surface area contributed by atoms with Gasteiger partial charge in [-0.15, -0.1) is 0 Å². The number of para-hydroxylation sites is 1. The van der Waals surface area contributed by atoms with Crippen LogP contribution in [0.1, 0.15) is 36.5 Å². The fourth-order valence-corrected chi connectivity index (χ4v) is 3.01. The molecular weight excluding hydrogens is 330 g/mol. The highest BCUT2D eigenvalue weighted by Crippen LogP contribution is 2.31. The third-order valence-corrected chi connectivity index (χ3v) is 4.34. The van der Waals surface area contributed by atoms with Crippen LogP contribution >= 0.6 is 0 Å². The second kappa shape index (κ2) is 8.52. The maximum Gasteiger partial charge on any atom is 0.226 e. The molecule has 0 spiro atoms. The molecular formula is C21H23NO4. The van der Waals surface area contributed by atoms with Gasteiger partial charge in [0.1, 0.15) is 13.2 Å². The van der Waals surface area contributed by atoms with E-state index in [4.69, 9.17) is 9.47 Å². The molecule has 0 bridgehead atoms. The molecule has 136 valence electrons. The van der Waals surface area contributed by atoms with Crippen LogP contribution in [-0.4, -0.2) is 31.4 Å². The number of hydrogen-bond donors (Lipinski definition) is 0. The lowest BCUT2D eigenvalue weighted by Crippen LogP contribution is -2.30. The van der Waals surface area contributed by atoms with Gasteiger partial charge in [0, 0.05) is 30.6 Å². The summed E-state index contributed by atoms with van der Waals surface area (Å²) in [5.41, 5.74) is 1.48. The number of hydrogen-bond acceptors (Lipinski definition) is 4. The smallest absolute Gasteiger partial charge is 0.226 e. The standard InChI is InChI=1S/C21H23NO4/c1-2-22(17-7-4-3-5-8-17)21(24)10-6-9-18(23)16-11-12-19-20(15-16)26-14-13-25-19/h3-5,7-8,11-12,15H,2,6,9-10,13-14H2,1H3. The summed E-state index contributed by atoms with van der Waals surface area (Å²) in [5, 5.41) is 0. The van der Waals surface area contributed by atoms with Crippen molar-refractivity contribution in [2.75, 3.05) is 24.7 Å². The molecule has 2 aromatic carbocycles. The number of fused-ring (bicyclic) bond motifs is 1. The minimum Gasteiger partial charge on any atom is -0.486 e. The first kappa shape index (κ1) is 18.0. The van der Waals surface area contributed by atoms with Crippen LogP contribution in [-0.2, 0) is 4.79 Å². The molecule has 0 unspecified atom stereocenters. The van der Waals surface area contributed by atoms with Gasteiger partial charge in [-0.3, -0.25) is 9.59 Å². The molecule has 0 saturated heterocycles. The van der Waals surface area contributed by atoms with Crippen LogP contribution in [0.3, 0.4) is 0 Å². The molecule has 0 saturated carbocycles. The molecule has 0 N–H and O–H groups in total. The minimum atomic E-state index is 0.0116. The van der Waals surface area contributed by atoms with Crippen LogP contribution in [0.25, 0.3) is 0 Å². The molecule has 1 heterocycles. The summed E-state index contributed by atoms with van der Waals surface area (Å²) in [6.07, 6.45) is 1.20. The minimum absolute atomic E-state index is 0.0116. The van der Waals surface area contributed by atoms with Gasteiger partial charge in [-0.05, 0) is 43.7 Å². The van der Waals surface area contributed by atoms with Gasteiger partial charge >= 0.3 is 0 Å². The van der Waals surface area contributed by atoms with Gasteiger partial charge in [0.25, 0.3) is 0 Å². The van der Waals surface area contributed by atoms with Crippen LogP contribution in [0.2, 0.25) is 0 Å². The summed E-state index contributed by atoms with van der Waals surface area (Å²) in [4.78, 5) is 26.6. The molecule has 0 atom stereocenters. The van der Waals surface area contributed by atoms with Gasteiger partial charge < -0.3 is 14.4 Å². The fraction of sp³-hybridized carbons (Fsp3) is 0.333. The van der Waals surface area contributed by atoms with E-state index in [1.807, 2.05) is 37.3 Å². The summed E-state index contributed by atoms with van der Waals surface area (Å²) in [6.45, 7) is 3.58. The van der Waals surface area contributed by atoms with Crippen molar-refractivity contribution in [1.29, 1.82) is 0 Å². The lowest BCUT2D eigenvalue weighted by atomic mass is 10.0. The Morgan fingerprint density at radius 3 is 2.42 bits per heavy atom. The van der Waals surface area contributed by atoms with E-state index in [-0.39, 0.29) is 11.7 Å².